The van der Waals surface area contributed by atoms with Crippen LogP contribution in [0.2, 0.25) is 5.02 Å². The van der Waals surface area contributed by atoms with E-state index in [-0.39, 0.29) is 18.4 Å². The van der Waals surface area contributed by atoms with E-state index >= 15 is 0 Å². The normalized spacial score (nSPS) is 24.0. The van der Waals surface area contributed by atoms with Gasteiger partial charge in [0.05, 0.1) is 5.92 Å². The Balaban J connectivity index is 1.80. The topological polar surface area (TPSA) is 76.5 Å². The number of aliphatic hydroxyl groups is 1. The molecule has 2 unspecified atom stereocenters. The van der Waals surface area contributed by atoms with Crippen molar-refractivity contribution < 1.29 is 14.7 Å². The Morgan fingerprint density at radius 2 is 2.00 bits per heavy atom. The summed E-state index contributed by atoms with van der Waals surface area (Å²) in [6.45, 7) is 0.731. The smallest absolute Gasteiger partial charge is 0.253 e. The lowest BCUT2D eigenvalue weighted by Crippen LogP contribution is -2.59. The van der Waals surface area contributed by atoms with Crippen LogP contribution >= 0.6 is 11.6 Å². The van der Waals surface area contributed by atoms with E-state index in [2.05, 4.69) is 4.99 Å². The molecule has 2 atom stereocenters. The quantitative estimate of drug-likeness (QED) is 0.857. The molecule has 128 valence electrons. The van der Waals surface area contributed by atoms with Gasteiger partial charge in [0, 0.05) is 49.9 Å². The minimum Gasteiger partial charge on any atom is -0.354 e. The monoisotopic (exact) mass is 350 g/mol. The van der Waals surface area contributed by atoms with E-state index < -0.39 is 12.3 Å². The maximum Gasteiger partial charge on any atom is 0.253 e. The highest BCUT2D eigenvalue weighted by Gasteiger charge is 2.42. The van der Waals surface area contributed by atoms with Crippen molar-refractivity contribution in [3.63, 3.8) is 0 Å². The van der Waals surface area contributed by atoms with Gasteiger partial charge in [-0.05, 0) is 24.3 Å². The molecule has 1 aromatic rings. The molecule has 0 saturated carbocycles. The molecule has 1 saturated heterocycles. The lowest BCUT2D eigenvalue weighted by atomic mass is 9.92. The number of aliphatic imine (C=N–C) groups is 1. The Morgan fingerprint density at radius 1 is 1.33 bits per heavy atom. The van der Waals surface area contributed by atoms with Crippen molar-refractivity contribution >= 4 is 29.1 Å². The molecule has 8 heteroatoms. The van der Waals surface area contributed by atoms with Crippen LogP contribution in [-0.2, 0) is 4.79 Å². The molecule has 1 N–H and O–H groups in total. The van der Waals surface area contributed by atoms with Crippen molar-refractivity contribution in [3.05, 3.63) is 34.9 Å². The van der Waals surface area contributed by atoms with E-state index in [0.717, 1.165) is 0 Å². The standard InChI is InChI=1S/C16H19ClN4O3/c1-19(2)21-15(23)12-9-20(8-7-13(12)18-16(21)24)14(22)10-3-5-11(17)6-4-10/h3-6,12,16,24H,7-9H2,1-2H3. The van der Waals surface area contributed by atoms with Gasteiger partial charge in [-0.3, -0.25) is 9.59 Å². The fourth-order valence-electron chi connectivity index (χ4n) is 3.06. The van der Waals surface area contributed by atoms with Crippen molar-refractivity contribution in [2.24, 2.45) is 10.9 Å². The van der Waals surface area contributed by atoms with Gasteiger partial charge in [-0.1, -0.05) is 11.6 Å². The summed E-state index contributed by atoms with van der Waals surface area (Å²) in [5, 5.41) is 13.3. The summed E-state index contributed by atoms with van der Waals surface area (Å²) in [7, 11) is 3.34. The average Bonchev–Trinajstić information content (AvgIpc) is 2.54. The molecule has 2 amide bonds. The Kier molecular flexibility index (Phi) is 4.58. The number of halogens is 1. The van der Waals surface area contributed by atoms with Gasteiger partial charge in [-0.25, -0.2) is 15.0 Å². The third-order valence-corrected chi connectivity index (χ3v) is 4.53. The molecule has 0 spiro atoms. The summed E-state index contributed by atoms with van der Waals surface area (Å²) in [5.74, 6) is -0.895. The molecule has 0 aromatic heterocycles. The zero-order valence-corrected chi connectivity index (χ0v) is 14.3. The first-order chi connectivity index (χ1) is 11.4. The number of carbonyl (C=O) groups excluding carboxylic acids is 2. The molecule has 0 aliphatic carbocycles. The number of piperidine rings is 1. The number of aliphatic hydroxyl groups excluding tert-OH is 1. The van der Waals surface area contributed by atoms with Gasteiger partial charge in [-0.15, -0.1) is 0 Å². The second-order valence-electron chi connectivity index (χ2n) is 6.06. The van der Waals surface area contributed by atoms with E-state index in [1.165, 1.54) is 10.0 Å². The van der Waals surface area contributed by atoms with Gasteiger partial charge >= 0.3 is 0 Å². The lowest BCUT2D eigenvalue weighted by Gasteiger charge is -2.42. The van der Waals surface area contributed by atoms with Crippen LogP contribution in [0.4, 0.5) is 0 Å². The van der Waals surface area contributed by atoms with Crippen LogP contribution < -0.4 is 0 Å². The number of carbonyl (C=O) groups is 2. The third kappa shape index (κ3) is 3.02. The minimum atomic E-state index is -1.20. The van der Waals surface area contributed by atoms with E-state index in [1.807, 2.05) is 0 Å². The van der Waals surface area contributed by atoms with Crippen LogP contribution in [0.3, 0.4) is 0 Å². The van der Waals surface area contributed by atoms with E-state index in [4.69, 9.17) is 11.6 Å². The number of benzene rings is 1. The molecule has 2 aliphatic heterocycles. The second-order valence-corrected chi connectivity index (χ2v) is 6.49. The summed E-state index contributed by atoms with van der Waals surface area (Å²) in [4.78, 5) is 31.1. The van der Waals surface area contributed by atoms with Crippen molar-refractivity contribution in [3.8, 4) is 0 Å². The van der Waals surface area contributed by atoms with Crippen LogP contribution in [0.1, 0.15) is 16.8 Å². The van der Waals surface area contributed by atoms with E-state index in [1.54, 1.807) is 43.3 Å². The number of amides is 2. The van der Waals surface area contributed by atoms with Gasteiger partial charge in [0.2, 0.25) is 6.35 Å². The molecular formula is C16H19ClN4O3. The fraction of sp³-hybridized carbons (Fsp3) is 0.438. The summed E-state index contributed by atoms with van der Waals surface area (Å²) in [5.41, 5.74) is 1.19. The van der Waals surface area contributed by atoms with Crippen molar-refractivity contribution in [2.75, 3.05) is 27.2 Å². The number of rotatable bonds is 2. The first-order valence-electron chi connectivity index (χ1n) is 7.68. The highest BCUT2D eigenvalue weighted by Crippen LogP contribution is 2.25. The molecule has 1 aromatic carbocycles. The predicted octanol–water partition coefficient (Wildman–Crippen LogP) is 0.838. The number of hydrazine groups is 1. The molecule has 0 bridgehead atoms. The first kappa shape index (κ1) is 16.9. The number of hydrogen-bond acceptors (Lipinski definition) is 5. The van der Waals surface area contributed by atoms with Gasteiger partial charge in [0.15, 0.2) is 0 Å². The van der Waals surface area contributed by atoms with E-state index in [0.29, 0.717) is 29.3 Å². The zero-order chi connectivity index (χ0) is 17.4. The Bertz CT molecular complexity index is 689. The molecular weight excluding hydrogens is 332 g/mol. The van der Waals surface area contributed by atoms with Crippen LogP contribution in [0.25, 0.3) is 0 Å². The molecule has 2 heterocycles. The zero-order valence-electron chi connectivity index (χ0n) is 13.5. The third-order valence-electron chi connectivity index (χ3n) is 4.28. The Labute approximate surface area is 145 Å². The van der Waals surface area contributed by atoms with Crippen LogP contribution in [0.5, 0.6) is 0 Å². The van der Waals surface area contributed by atoms with Crippen molar-refractivity contribution in [1.82, 2.24) is 14.9 Å². The lowest BCUT2D eigenvalue weighted by molar-refractivity contribution is -0.172. The van der Waals surface area contributed by atoms with Gasteiger partial charge < -0.3 is 10.0 Å². The molecule has 24 heavy (non-hydrogen) atoms. The largest absolute Gasteiger partial charge is 0.354 e. The van der Waals surface area contributed by atoms with Gasteiger partial charge in [0.25, 0.3) is 11.8 Å². The van der Waals surface area contributed by atoms with Gasteiger partial charge in [-0.2, -0.15) is 0 Å². The average molecular weight is 351 g/mol. The van der Waals surface area contributed by atoms with E-state index in [9.17, 15) is 14.7 Å². The summed E-state index contributed by atoms with van der Waals surface area (Å²) in [6, 6.07) is 6.68. The summed E-state index contributed by atoms with van der Waals surface area (Å²) < 4.78 is 0. The van der Waals surface area contributed by atoms with Crippen LogP contribution in [0, 0.1) is 5.92 Å². The summed E-state index contributed by atoms with van der Waals surface area (Å²) in [6.07, 6.45) is -0.717. The number of nitrogens with zero attached hydrogens (tertiary/aromatic N) is 4. The number of hydrogen-bond donors (Lipinski definition) is 1. The maximum absolute atomic E-state index is 12.6. The molecule has 0 radical (unpaired) electrons. The number of likely N-dealkylation sites (tertiary alicyclic amines) is 1. The summed E-state index contributed by atoms with van der Waals surface area (Å²) >= 11 is 5.85. The number of fused-ring (bicyclic) bond motifs is 1. The Hall–Kier alpha value is -1.96. The first-order valence-corrected chi connectivity index (χ1v) is 8.06. The molecule has 3 rings (SSSR count). The highest BCUT2D eigenvalue weighted by molar-refractivity contribution is 6.30. The SMILES string of the molecule is CN(C)N1C(=O)C2CN(C(=O)c3ccc(Cl)cc3)CCC2=NC1O. The molecule has 7 nitrogen and oxygen atoms in total. The highest BCUT2D eigenvalue weighted by atomic mass is 35.5. The fourth-order valence-corrected chi connectivity index (χ4v) is 3.18. The molecule has 2 aliphatic rings. The maximum atomic E-state index is 12.6. The van der Waals surface area contributed by atoms with Crippen LogP contribution in [0.15, 0.2) is 29.3 Å². The predicted molar refractivity (Wildman–Crippen MR) is 89.4 cm³/mol. The second kappa shape index (κ2) is 6.51. The Morgan fingerprint density at radius 3 is 2.62 bits per heavy atom. The molecule has 1 fully saturated rings. The minimum absolute atomic E-state index is 0.138. The van der Waals surface area contributed by atoms with Crippen molar-refractivity contribution in [1.29, 1.82) is 0 Å². The van der Waals surface area contributed by atoms with Crippen molar-refractivity contribution in [2.45, 2.75) is 12.8 Å². The van der Waals surface area contributed by atoms with Crippen LogP contribution in [-0.4, -0.2) is 71.1 Å². The van der Waals surface area contributed by atoms with Gasteiger partial charge in [0.1, 0.15) is 0 Å².